The zero-order chi connectivity index (χ0) is 14.0. The van der Waals surface area contributed by atoms with Crippen molar-refractivity contribution in [3.63, 3.8) is 0 Å². The molecule has 1 unspecified atom stereocenters. The van der Waals surface area contributed by atoms with E-state index in [1.54, 1.807) is 14.0 Å². The molecule has 0 bridgehead atoms. The Morgan fingerprint density at radius 1 is 1.22 bits per heavy atom. The van der Waals surface area contributed by atoms with Crippen molar-refractivity contribution in [2.45, 2.75) is 25.1 Å². The number of carbonyl (C=O) groups excluding carboxylic acids is 1. The highest BCUT2D eigenvalue weighted by atomic mass is 19.4. The van der Waals surface area contributed by atoms with Gasteiger partial charge in [0.05, 0.1) is 5.56 Å². The van der Waals surface area contributed by atoms with E-state index in [0.29, 0.717) is 5.56 Å². The summed E-state index contributed by atoms with van der Waals surface area (Å²) in [5.41, 5.74) is 4.23. The van der Waals surface area contributed by atoms with Crippen molar-refractivity contribution >= 4 is 5.91 Å². The van der Waals surface area contributed by atoms with Gasteiger partial charge >= 0.3 is 6.18 Å². The van der Waals surface area contributed by atoms with Crippen LogP contribution in [0.5, 0.6) is 0 Å². The predicted octanol–water partition coefficient (Wildman–Crippen LogP) is 2.02. The molecule has 0 saturated carbocycles. The van der Waals surface area contributed by atoms with E-state index >= 15 is 0 Å². The van der Waals surface area contributed by atoms with Crippen LogP contribution in [0.1, 0.15) is 24.5 Å². The van der Waals surface area contributed by atoms with Gasteiger partial charge in [-0.25, -0.2) is 0 Å². The first kappa shape index (κ1) is 14.5. The fourth-order valence-corrected chi connectivity index (χ4v) is 1.71. The number of nitrogens with one attached hydrogen (secondary N) is 1. The van der Waals surface area contributed by atoms with Crippen LogP contribution in [0.25, 0.3) is 0 Å². The minimum atomic E-state index is -4.36. The van der Waals surface area contributed by atoms with Crippen LogP contribution in [0.15, 0.2) is 24.3 Å². The zero-order valence-corrected chi connectivity index (χ0v) is 10.1. The summed E-state index contributed by atoms with van der Waals surface area (Å²) in [5.74, 6) is -0.522. The molecule has 0 heterocycles. The molecule has 1 atom stereocenters. The average molecular weight is 260 g/mol. The molecule has 0 aliphatic heterocycles. The topological polar surface area (TPSA) is 55.1 Å². The fraction of sp³-hybridized carbons (Fsp3) is 0.417. The van der Waals surface area contributed by atoms with E-state index in [1.807, 2.05) is 0 Å². The maximum atomic E-state index is 12.4. The van der Waals surface area contributed by atoms with E-state index in [0.717, 1.165) is 12.1 Å². The molecule has 100 valence electrons. The van der Waals surface area contributed by atoms with E-state index in [-0.39, 0.29) is 6.42 Å². The second kappa shape index (κ2) is 4.97. The number of hydrogen-bond acceptors (Lipinski definition) is 2. The molecule has 0 radical (unpaired) electrons. The predicted molar refractivity (Wildman–Crippen MR) is 61.7 cm³/mol. The van der Waals surface area contributed by atoms with Crippen LogP contribution in [-0.4, -0.2) is 13.0 Å². The van der Waals surface area contributed by atoms with Gasteiger partial charge in [0.25, 0.3) is 0 Å². The van der Waals surface area contributed by atoms with Gasteiger partial charge < -0.3 is 11.1 Å². The van der Waals surface area contributed by atoms with Crippen molar-refractivity contribution in [3.8, 4) is 0 Å². The van der Waals surface area contributed by atoms with Crippen LogP contribution >= 0.6 is 0 Å². The molecule has 1 aromatic rings. The summed E-state index contributed by atoms with van der Waals surface area (Å²) in [6, 6.07) is 4.68. The number of carbonyl (C=O) groups is 1. The SMILES string of the molecule is CNC(C)(CC(N)=O)c1ccc(C(F)(F)F)cc1. The molecule has 0 aliphatic carbocycles. The van der Waals surface area contributed by atoms with Crippen molar-refractivity contribution in [2.24, 2.45) is 5.73 Å². The lowest BCUT2D eigenvalue weighted by Gasteiger charge is -2.28. The molecule has 0 aliphatic rings. The highest BCUT2D eigenvalue weighted by Gasteiger charge is 2.32. The molecule has 18 heavy (non-hydrogen) atoms. The van der Waals surface area contributed by atoms with Gasteiger partial charge in [0, 0.05) is 12.0 Å². The Morgan fingerprint density at radius 3 is 2.00 bits per heavy atom. The Hall–Kier alpha value is -1.56. The number of halogens is 3. The van der Waals surface area contributed by atoms with Crippen LogP contribution in [0.4, 0.5) is 13.2 Å². The van der Waals surface area contributed by atoms with Crippen molar-refractivity contribution < 1.29 is 18.0 Å². The first-order valence-corrected chi connectivity index (χ1v) is 5.34. The molecule has 0 spiro atoms. The quantitative estimate of drug-likeness (QED) is 0.870. The number of hydrogen-bond donors (Lipinski definition) is 2. The minimum Gasteiger partial charge on any atom is -0.370 e. The molecule has 3 N–H and O–H groups in total. The number of benzene rings is 1. The van der Waals surface area contributed by atoms with E-state index in [1.165, 1.54) is 12.1 Å². The van der Waals surface area contributed by atoms with Crippen LogP contribution in [0, 0.1) is 0 Å². The Balaban J connectivity index is 3.06. The minimum absolute atomic E-state index is 0.00879. The molecule has 1 rings (SSSR count). The van der Waals surface area contributed by atoms with Gasteiger partial charge in [0.2, 0.25) is 5.91 Å². The molecule has 0 fully saturated rings. The molecule has 0 saturated heterocycles. The summed E-state index contributed by atoms with van der Waals surface area (Å²) < 4.78 is 37.3. The first-order chi connectivity index (χ1) is 8.19. The van der Waals surface area contributed by atoms with Gasteiger partial charge in [-0.2, -0.15) is 13.2 Å². The number of amides is 1. The third-order valence-corrected chi connectivity index (χ3v) is 2.93. The number of alkyl halides is 3. The highest BCUT2D eigenvalue weighted by molar-refractivity contribution is 5.75. The van der Waals surface area contributed by atoms with Gasteiger partial charge in [0.1, 0.15) is 0 Å². The molecule has 0 aromatic heterocycles. The van der Waals surface area contributed by atoms with Crippen LogP contribution in [-0.2, 0) is 16.5 Å². The van der Waals surface area contributed by atoms with Crippen molar-refractivity contribution in [3.05, 3.63) is 35.4 Å². The summed E-state index contributed by atoms with van der Waals surface area (Å²) in [7, 11) is 1.63. The van der Waals surface area contributed by atoms with Crippen LogP contribution < -0.4 is 11.1 Å². The highest BCUT2D eigenvalue weighted by Crippen LogP contribution is 2.31. The van der Waals surface area contributed by atoms with Gasteiger partial charge in [-0.1, -0.05) is 12.1 Å². The largest absolute Gasteiger partial charge is 0.416 e. The number of rotatable bonds is 4. The van der Waals surface area contributed by atoms with Crippen molar-refractivity contribution in [1.82, 2.24) is 5.32 Å². The van der Waals surface area contributed by atoms with Crippen molar-refractivity contribution in [2.75, 3.05) is 7.05 Å². The Labute approximate surface area is 103 Å². The first-order valence-electron chi connectivity index (χ1n) is 5.34. The van der Waals surface area contributed by atoms with Gasteiger partial charge in [0.15, 0.2) is 0 Å². The molecule has 6 heteroatoms. The molecular weight excluding hydrogens is 245 g/mol. The Bertz CT molecular complexity index is 428. The second-order valence-corrected chi connectivity index (χ2v) is 4.30. The lowest BCUT2D eigenvalue weighted by Crippen LogP contribution is -2.40. The van der Waals surface area contributed by atoms with Crippen LogP contribution in [0.3, 0.4) is 0 Å². The third-order valence-electron chi connectivity index (χ3n) is 2.93. The molecule has 3 nitrogen and oxygen atoms in total. The summed E-state index contributed by atoms with van der Waals surface area (Å²) in [5, 5.41) is 2.90. The summed E-state index contributed by atoms with van der Waals surface area (Å²) in [6.07, 6.45) is -4.35. The average Bonchev–Trinajstić information content (AvgIpc) is 2.27. The smallest absolute Gasteiger partial charge is 0.370 e. The van der Waals surface area contributed by atoms with E-state index in [2.05, 4.69) is 5.32 Å². The van der Waals surface area contributed by atoms with E-state index in [9.17, 15) is 18.0 Å². The summed E-state index contributed by atoms with van der Waals surface area (Å²) >= 11 is 0. The molecule has 1 amide bonds. The maximum absolute atomic E-state index is 12.4. The Kier molecular flexibility index (Phi) is 4.01. The lowest BCUT2D eigenvalue weighted by molar-refractivity contribution is -0.137. The summed E-state index contributed by atoms with van der Waals surface area (Å²) in [6.45, 7) is 1.71. The van der Waals surface area contributed by atoms with Crippen molar-refractivity contribution in [1.29, 1.82) is 0 Å². The van der Waals surface area contributed by atoms with Gasteiger partial charge in [-0.15, -0.1) is 0 Å². The summed E-state index contributed by atoms with van der Waals surface area (Å²) in [4.78, 5) is 11.0. The standard InChI is InChI=1S/C12H15F3N2O/c1-11(17-2,7-10(16)18)8-3-5-9(6-4-8)12(13,14)15/h3-6,17H,7H2,1-2H3,(H2,16,18). The number of primary amides is 1. The third kappa shape index (κ3) is 3.22. The van der Waals surface area contributed by atoms with E-state index in [4.69, 9.17) is 5.73 Å². The molecular formula is C12H15F3N2O. The Morgan fingerprint density at radius 2 is 1.67 bits per heavy atom. The van der Waals surface area contributed by atoms with Crippen LogP contribution in [0.2, 0.25) is 0 Å². The molecule has 1 aromatic carbocycles. The normalized spacial score (nSPS) is 15.2. The zero-order valence-electron chi connectivity index (χ0n) is 10.1. The van der Waals surface area contributed by atoms with Gasteiger partial charge in [-0.05, 0) is 31.7 Å². The number of nitrogens with two attached hydrogens (primary N) is 1. The second-order valence-electron chi connectivity index (χ2n) is 4.30. The van der Waals surface area contributed by atoms with Gasteiger partial charge in [-0.3, -0.25) is 4.79 Å². The monoisotopic (exact) mass is 260 g/mol. The lowest BCUT2D eigenvalue weighted by atomic mass is 9.88. The fourth-order valence-electron chi connectivity index (χ4n) is 1.71. The maximum Gasteiger partial charge on any atom is 0.416 e. The van der Waals surface area contributed by atoms with E-state index < -0.39 is 23.2 Å².